The first-order valence-corrected chi connectivity index (χ1v) is 8.97. The molecule has 0 radical (unpaired) electrons. The predicted molar refractivity (Wildman–Crippen MR) is 116 cm³/mol. The van der Waals surface area contributed by atoms with E-state index in [4.69, 9.17) is 0 Å². The summed E-state index contributed by atoms with van der Waals surface area (Å²) in [6.45, 7) is 2.15. The molecule has 0 aliphatic heterocycles. The molecule has 0 nitrogen and oxygen atoms in total. The van der Waals surface area contributed by atoms with Crippen LogP contribution in [-0.4, -0.2) is 3.71 Å². The second-order valence-corrected chi connectivity index (χ2v) is 5.93. The molecule has 0 aliphatic carbocycles. The topological polar surface area (TPSA) is 0 Å². The molecule has 0 atom stereocenters. The SMILES string of the molecule is CC[CH]=[Zr].Cl.Cl.[CH3-].c1ccc2[cH-]ccc2c1.c1ccc2[cH-]ccc2c1. The van der Waals surface area contributed by atoms with Crippen molar-refractivity contribution in [1.82, 2.24) is 0 Å². The van der Waals surface area contributed by atoms with Crippen molar-refractivity contribution in [3.63, 3.8) is 0 Å². The Labute approximate surface area is 179 Å². The fourth-order valence-electron chi connectivity index (χ4n) is 2.14. The second kappa shape index (κ2) is 15.3. The van der Waals surface area contributed by atoms with E-state index in [0.717, 1.165) is 0 Å². The van der Waals surface area contributed by atoms with Gasteiger partial charge in [0.15, 0.2) is 0 Å². The minimum atomic E-state index is 0. The van der Waals surface area contributed by atoms with Crippen LogP contribution in [0.5, 0.6) is 0 Å². The molecule has 0 bridgehead atoms. The third-order valence-corrected chi connectivity index (χ3v) is 4.30. The van der Waals surface area contributed by atoms with E-state index in [9.17, 15) is 0 Å². The van der Waals surface area contributed by atoms with Crippen molar-refractivity contribution in [2.24, 2.45) is 0 Å². The minimum absolute atomic E-state index is 0. The Balaban J connectivity index is 0. The van der Waals surface area contributed by atoms with Crippen LogP contribution < -0.4 is 0 Å². The zero-order valence-electron chi connectivity index (χ0n) is 14.7. The van der Waals surface area contributed by atoms with E-state index in [2.05, 4.69) is 95.6 Å². The van der Waals surface area contributed by atoms with E-state index in [-0.39, 0.29) is 32.2 Å². The van der Waals surface area contributed by atoms with Gasteiger partial charge in [0, 0.05) is 0 Å². The first-order valence-electron chi connectivity index (χ1n) is 7.55. The van der Waals surface area contributed by atoms with Crippen LogP contribution in [0.3, 0.4) is 0 Å². The molecule has 0 aromatic heterocycles. The van der Waals surface area contributed by atoms with Crippen LogP contribution in [0.25, 0.3) is 21.5 Å². The fourth-order valence-corrected chi connectivity index (χ4v) is 2.14. The van der Waals surface area contributed by atoms with Gasteiger partial charge in [-0.1, -0.05) is 12.1 Å². The average Bonchev–Trinajstić information content (AvgIpc) is 3.24. The van der Waals surface area contributed by atoms with E-state index in [1.54, 1.807) is 24.2 Å². The maximum Gasteiger partial charge on any atom is -0.0809 e. The van der Waals surface area contributed by atoms with Crippen molar-refractivity contribution in [3.05, 3.63) is 92.4 Å². The summed E-state index contributed by atoms with van der Waals surface area (Å²) < 4.78 is 2.22. The molecule has 0 spiro atoms. The number of rotatable bonds is 1. The van der Waals surface area contributed by atoms with E-state index >= 15 is 0 Å². The number of hydrogen-bond donors (Lipinski definition) is 0. The van der Waals surface area contributed by atoms with Gasteiger partial charge in [-0.15, -0.1) is 84.1 Å². The molecule has 25 heavy (non-hydrogen) atoms. The molecular weight excluding hydrogens is 426 g/mol. The first-order chi connectivity index (χ1) is 10.8. The van der Waals surface area contributed by atoms with Gasteiger partial charge in [-0.05, 0) is 0 Å². The maximum atomic E-state index is 2.22. The van der Waals surface area contributed by atoms with E-state index in [1.807, 2.05) is 0 Å². The third-order valence-electron chi connectivity index (χ3n) is 3.30. The fraction of sp³-hybridized carbons (Fsp3) is 0.0909. The van der Waals surface area contributed by atoms with E-state index in [1.165, 1.54) is 28.0 Å². The zero-order chi connectivity index (χ0) is 15.6. The Kier molecular flexibility index (Phi) is 16.0. The van der Waals surface area contributed by atoms with Crippen molar-refractivity contribution in [2.75, 3.05) is 0 Å². The molecule has 0 fully saturated rings. The van der Waals surface area contributed by atoms with Gasteiger partial charge in [-0.2, -0.15) is 35.0 Å². The molecule has 0 heterocycles. The number of fused-ring (bicyclic) bond motifs is 2. The molecule has 0 unspecified atom stereocenters. The van der Waals surface area contributed by atoms with Crippen LogP contribution in [0, 0.1) is 7.43 Å². The van der Waals surface area contributed by atoms with Crippen molar-refractivity contribution in [1.29, 1.82) is 0 Å². The molecule has 134 valence electrons. The molecule has 0 aliphatic rings. The molecule has 0 saturated heterocycles. The summed E-state index contributed by atoms with van der Waals surface area (Å²) in [7, 11) is 0. The van der Waals surface area contributed by atoms with Crippen LogP contribution >= 0.6 is 24.8 Å². The summed E-state index contributed by atoms with van der Waals surface area (Å²) in [6, 6.07) is 29.3. The summed E-state index contributed by atoms with van der Waals surface area (Å²) >= 11 is 1.54. The second-order valence-electron chi connectivity index (χ2n) is 4.92. The predicted octanol–water partition coefficient (Wildman–Crippen LogP) is 7.16. The minimum Gasteiger partial charge on any atom is -0.358 e. The summed E-state index contributed by atoms with van der Waals surface area (Å²) in [6.07, 6.45) is 1.23. The maximum absolute atomic E-state index is 2.22. The van der Waals surface area contributed by atoms with Crippen LogP contribution in [-0.2, 0) is 24.2 Å². The molecule has 4 aromatic carbocycles. The van der Waals surface area contributed by atoms with Gasteiger partial charge in [0.05, 0.1) is 0 Å². The molecule has 4 aromatic rings. The number of hydrogen-bond acceptors (Lipinski definition) is 0. The molecule has 4 rings (SSSR count). The van der Waals surface area contributed by atoms with Gasteiger partial charge in [-0.3, -0.25) is 0 Å². The average molecular weight is 452 g/mol. The van der Waals surface area contributed by atoms with Crippen LogP contribution in [0.2, 0.25) is 0 Å². The molecular formula is C22H25Cl2Zr-3. The van der Waals surface area contributed by atoms with E-state index < -0.39 is 0 Å². The summed E-state index contributed by atoms with van der Waals surface area (Å²) in [5, 5.41) is 5.32. The Morgan fingerprint density at radius 2 is 1.12 bits per heavy atom. The van der Waals surface area contributed by atoms with Crippen LogP contribution in [0.4, 0.5) is 0 Å². The number of halogens is 2. The monoisotopic (exact) mass is 449 g/mol. The van der Waals surface area contributed by atoms with Gasteiger partial charge in [0.2, 0.25) is 0 Å². The largest absolute Gasteiger partial charge is 0.358 e. The molecule has 3 heteroatoms. The normalized spacial score (nSPS) is 8.32. The molecule has 0 amide bonds. The zero-order valence-corrected chi connectivity index (χ0v) is 18.8. The van der Waals surface area contributed by atoms with Crippen molar-refractivity contribution in [2.45, 2.75) is 13.3 Å². The van der Waals surface area contributed by atoms with Crippen LogP contribution in [0.1, 0.15) is 13.3 Å². The van der Waals surface area contributed by atoms with E-state index in [0.29, 0.717) is 0 Å². The van der Waals surface area contributed by atoms with Crippen molar-refractivity contribution < 1.29 is 24.2 Å². The van der Waals surface area contributed by atoms with Crippen molar-refractivity contribution >= 4 is 50.1 Å². The summed E-state index contributed by atoms with van der Waals surface area (Å²) in [5.74, 6) is 0. The van der Waals surface area contributed by atoms with Gasteiger partial charge >= 0.3 is 41.3 Å². The Hall–Kier alpha value is -1.01. The third kappa shape index (κ3) is 8.77. The standard InChI is InChI=1S/2C9H7.C3H6.CH3.2ClH.Zr/c2*1-2-5-9-7-3-6-8(9)4-1;1-3-2;;;;/h2*1-7H;1H,3H2,2H3;1H3;2*1H;/q2*-1;;-1;;;. The van der Waals surface area contributed by atoms with Crippen LogP contribution in [0.15, 0.2) is 84.9 Å². The van der Waals surface area contributed by atoms with Gasteiger partial charge in [-0.25, -0.2) is 0 Å². The van der Waals surface area contributed by atoms with Gasteiger partial charge in [0.1, 0.15) is 0 Å². The number of benzene rings is 2. The Bertz CT molecular complexity index is 688. The van der Waals surface area contributed by atoms with Gasteiger partial charge < -0.3 is 7.43 Å². The smallest absolute Gasteiger partial charge is 0.0809 e. The van der Waals surface area contributed by atoms with Gasteiger partial charge in [0.25, 0.3) is 0 Å². The first kappa shape index (κ1) is 26.2. The molecule has 0 N–H and O–H groups in total. The Morgan fingerprint density at radius 1 is 0.760 bits per heavy atom. The van der Waals surface area contributed by atoms with Crippen molar-refractivity contribution in [3.8, 4) is 0 Å². The summed E-state index contributed by atoms with van der Waals surface area (Å²) in [4.78, 5) is 0. The Morgan fingerprint density at radius 3 is 1.44 bits per heavy atom. The summed E-state index contributed by atoms with van der Waals surface area (Å²) in [5.41, 5.74) is 0. The molecule has 0 saturated carbocycles. The quantitative estimate of drug-likeness (QED) is 0.269.